The zero-order chi connectivity index (χ0) is 44.9. The summed E-state index contributed by atoms with van der Waals surface area (Å²) in [7, 11) is 1.07. The van der Waals surface area contributed by atoms with Gasteiger partial charge in [0.15, 0.2) is 23.6 Å². The number of carbonyl (C=O) groups excluding carboxylic acids is 6. The smallest absolute Gasteiger partial charge is 0.467 e. The molecule has 2 bridgehead atoms. The van der Waals surface area contributed by atoms with E-state index in [1.807, 2.05) is 0 Å². The van der Waals surface area contributed by atoms with Gasteiger partial charge in [0.25, 0.3) is 11.8 Å². The summed E-state index contributed by atoms with van der Waals surface area (Å²) in [6.07, 6.45) is -8.99. The van der Waals surface area contributed by atoms with Crippen LogP contribution in [-0.4, -0.2) is 112 Å². The highest BCUT2D eigenvalue weighted by Crippen LogP contribution is 2.64. The fraction of sp³-hybridized carbons (Fsp3) is 0.467. The highest BCUT2D eigenvalue weighted by Gasteiger charge is 2.78. The SMILES string of the molecule is COC(=O)O[C@@]12CO[C@@H]1C[C@H](O)[C@@]1(C)C(=O)[C@H](OC(C)=O)C3=C(C)[C@@H](NC(=O)[C@H](O)[C@@H](NC(=O)c4ccccc4)c4ccco4)C[C@@](O)([C@@H](OC(=O)c4ccccc4)[C@H]21)C3(C)C. The van der Waals surface area contributed by atoms with Crippen molar-refractivity contribution in [3.05, 3.63) is 107 Å². The zero-order valence-corrected chi connectivity index (χ0v) is 35.0. The van der Waals surface area contributed by atoms with Crippen LogP contribution in [0.5, 0.6) is 0 Å². The van der Waals surface area contributed by atoms with E-state index < -0.39 is 113 Å². The highest BCUT2D eigenvalue weighted by atomic mass is 16.8. The molecule has 17 heteroatoms. The first-order chi connectivity index (χ1) is 29.3. The van der Waals surface area contributed by atoms with Crippen LogP contribution in [0.25, 0.3) is 0 Å². The number of nitrogens with one attached hydrogen (secondary N) is 2. The lowest BCUT2D eigenvalue weighted by atomic mass is 9.44. The van der Waals surface area contributed by atoms with Crippen molar-refractivity contribution in [1.29, 1.82) is 0 Å². The number of aliphatic hydroxyl groups is 3. The molecule has 62 heavy (non-hydrogen) atoms. The Morgan fingerprint density at radius 2 is 1.56 bits per heavy atom. The molecule has 5 N–H and O–H groups in total. The fourth-order valence-corrected chi connectivity index (χ4v) is 10.0. The molecule has 2 aromatic carbocycles. The number of carbonyl (C=O) groups is 6. The molecular weight excluding hydrogens is 808 g/mol. The number of esters is 2. The molecule has 0 radical (unpaired) electrons. The normalized spacial score (nSPS) is 31.9. The van der Waals surface area contributed by atoms with Crippen LogP contribution in [0, 0.1) is 16.7 Å². The van der Waals surface area contributed by atoms with Gasteiger partial charge in [-0.05, 0) is 61.4 Å². The molecule has 0 spiro atoms. The van der Waals surface area contributed by atoms with E-state index in [4.69, 9.17) is 28.1 Å². The van der Waals surface area contributed by atoms with E-state index in [1.54, 1.807) is 69.3 Å². The number of ketones is 1. The van der Waals surface area contributed by atoms with Crippen LogP contribution in [0.2, 0.25) is 0 Å². The van der Waals surface area contributed by atoms with Crippen molar-refractivity contribution < 1.29 is 72.2 Å². The molecule has 17 nitrogen and oxygen atoms in total. The average Bonchev–Trinajstić information content (AvgIpc) is 3.79. The summed E-state index contributed by atoms with van der Waals surface area (Å²) in [6, 6.07) is 16.1. The Hall–Kier alpha value is -5.88. The van der Waals surface area contributed by atoms with Gasteiger partial charge in [-0.25, -0.2) is 9.59 Å². The van der Waals surface area contributed by atoms with Gasteiger partial charge in [-0.3, -0.25) is 19.2 Å². The molecular formula is C45H50N2O15. The Labute approximate surface area is 356 Å². The molecule has 1 aromatic heterocycles. The minimum Gasteiger partial charge on any atom is -0.467 e. The second-order valence-electron chi connectivity index (χ2n) is 17.1. The van der Waals surface area contributed by atoms with Crippen molar-refractivity contribution in [3.63, 3.8) is 0 Å². The first-order valence-electron chi connectivity index (χ1n) is 20.2. The molecule has 11 atom stereocenters. The van der Waals surface area contributed by atoms with Crippen LogP contribution in [0.4, 0.5) is 4.79 Å². The third-order valence-electron chi connectivity index (χ3n) is 13.4. The Morgan fingerprint density at radius 3 is 2.13 bits per heavy atom. The van der Waals surface area contributed by atoms with Crippen LogP contribution < -0.4 is 10.6 Å². The molecule has 1 saturated heterocycles. The average molecular weight is 859 g/mol. The minimum absolute atomic E-state index is 0.0220. The monoisotopic (exact) mass is 858 g/mol. The number of ether oxygens (including phenoxy) is 5. The second kappa shape index (κ2) is 16.4. The topological polar surface area (TPSA) is 246 Å². The number of Topliss-reactive ketones (excluding diaryl/α,β-unsaturated/α-hetero) is 1. The summed E-state index contributed by atoms with van der Waals surface area (Å²) >= 11 is 0. The third-order valence-corrected chi connectivity index (χ3v) is 13.4. The van der Waals surface area contributed by atoms with Crippen LogP contribution in [0.1, 0.15) is 80.0 Å². The lowest BCUT2D eigenvalue weighted by Gasteiger charge is -2.67. The first-order valence-corrected chi connectivity index (χ1v) is 20.2. The quantitative estimate of drug-likeness (QED) is 0.112. The van der Waals surface area contributed by atoms with Crippen LogP contribution >= 0.6 is 0 Å². The highest BCUT2D eigenvalue weighted by molar-refractivity contribution is 5.96. The van der Waals surface area contributed by atoms with E-state index in [-0.39, 0.29) is 41.1 Å². The minimum atomic E-state index is -2.38. The Balaban J connectivity index is 1.39. The maximum absolute atomic E-state index is 15.5. The Bertz CT molecular complexity index is 2260. The van der Waals surface area contributed by atoms with Crippen molar-refractivity contribution in [3.8, 4) is 0 Å². The van der Waals surface area contributed by atoms with Gasteiger partial charge in [-0.2, -0.15) is 0 Å². The van der Waals surface area contributed by atoms with E-state index in [9.17, 15) is 39.3 Å². The predicted molar refractivity (Wildman–Crippen MR) is 214 cm³/mol. The molecule has 3 aromatic rings. The van der Waals surface area contributed by atoms with Crippen molar-refractivity contribution in [2.45, 2.75) is 101 Å². The number of methoxy groups -OCH3 is 1. The number of benzene rings is 2. The lowest BCUT2D eigenvalue weighted by molar-refractivity contribution is -0.343. The van der Waals surface area contributed by atoms with Gasteiger partial charge in [0.05, 0.1) is 49.0 Å². The zero-order valence-electron chi connectivity index (χ0n) is 35.0. The van der Waals surface area contributed by atoms with Crippen molar-refractivity contribution in [1.82, 2.24) is 10.6 Å². The number of hydrogen-bond donors (Lipinski definition) is 5. The van der Waals surface area contributed by atoms with Crippen LogP contribution in [0.3, 0.4) is 0 Å². The fourth-order valence-electron chi connectivity index (χ4n) is 10.0. The number of fused-ring (bicyclic) bond motifs is 5. The van der Waals surface area contributed by atoms with Gasteiger partial charge in [-0.15, -0.1) is 0 Å². The molecule has 3 aliphatic carbocycles. The van der Waals surface area contributed by atoms with Crippen molar-refractivity contribution >= 4 is 35.7 Å². The number of furan rings is 1. The summed E-state index contributed by atoms with van der Waals surface area (Å²) in [5.41, 5.74) is -7.47. The third kappa shape index (κ3) is 7.15. The van der Waals surface area contributed by atoms with E-state index in [2.05, 4.69) is 10.6 Å². The van der Waals surface area contributed by atoms with Crippen molar-refractivity contribution in [2.75, 3.05) is 13.7 Å². The Morgan fingerprint density at radius 1 is 0.919 bits per heavy atom. The second-order valence-corrected chi connectivity index (χ2v) is 17.1. The summed E-state index contributed by atoms with van der Waals surface area (Å²) in [5, 5.41) is 42.9. The van der Waals surface area contributed by atoms with E-state index in [1.165, 1.54) is 37.5 Å². The van der Waals surface area contributed by atoms with E-state index in [0.717, 1.165) is 14.0 Å². The number of amides is 2. The number of hydrogen-bond acceptors (Lipinski definition) is 15. The summed E-state index contributed by atoms with van der Waals surface area (Å²) in [6.45, 7) is 6.75. The predicted octanol–water partition coefficient (Wildman–Crippen LogP) is 3.12. The van der Waals surface area contributed by atoms with Gasteiger partial charge in [0.2, 0.25) is 0 Å². The standard InChI is InChI=1S/C45H50N2O15/c1-23-27(46-39(53)33(50)32(28-18-13-19-58-28)47-38(52)25-14-9-7-10-15-25)21-45(56)37(61-40(54)26-16-11-8-12-17-26)35-43(5,36(51)34(60-24(2)48)31(23)42(45,3)4)29(49)20-30-44(35,22-59-30)62-41(55)57-6/h7-19,27,29-30,32-35,37,49-50,56H,20-22H2,1-6H3,(H,46,53)(H,47,52)/t27-,29-,30+,32-,33+,34+,35-,37-,43+,44-,45+/m0/s1. The largest absolute Gasteiger partial charge is 0.508 e. The molecule has 0 unspecified atom stereocenters. The maximum atomic E-state index is 15.5. The molecule has 3 fully saturated rings. The molecule has 2 heterocycles. The Kier molecular flexibility index (Phi) is 11.7. The number of aliphatic hydroxyl groups excluding tert-OH is 2. The summed E-state index contributed by atoms with van der Waals surface area (Å²) in [5.74, 6) is -5.97. The summed E-state index contributed by atoms with van der Waals surface area (Å²) < 4.78 is 34.5. The maximum Gasteiger partial charge on any atom is 0.508 e. The van der Waals surface area contributed by atoms with Gasteiger partial charge >= 0.3 is 18.1 Å². The van der Waals surface area contributed by atoms with Crippen molar-refractivity contribution in [2.24, 2.45) is 16.7 Å². The van der Waals surface area contributed by atoms with Gasteiger partial charge in [0.1, 0.15) is 29.6 Å². The van der Waals surface area contributed by atoms with Gasteiger partial charge in [-0.1, -0.05) is 50.2 Å². The van der Waals surface area contributed by atoms with E-state index in [0.29, 0.717) is 0 Å². The number of rotatable bonds is 10. The van der Waals surface area contributed by atoms with E-state index >= 15 is 4.79 Å². The molecule has 4 aliphatic rings. The molecule has 7 rings (SSSR count). The lowest BCUT2D eigenvalue weighted by Crippen LogP contribution is -2.82. The molecule has 2 amide bonds. The van der Waals surface area contributed by atoms with Gasteiger partial charge in [0, 0.05) is 30.7 Å². The molecule has 330 valence electrons. The van der Waals surface area contributed by atoms with Gasteiger partial charge < -0.3 is 54.1 Å². The molecule has 2 saturated carbocycles. The molecule has 1 aliphatic heterocycles. The summed E-state index contributed by atoms with van der Waals surface area (Å²) in [4.78, 5) is 83.6. The van der Waals surface area contributed by atoms with Crippen LogP contribution in [-0.2, 0) is 38.1 Å². The first kappa shape index (κ1) is 44.2. The van der Waals surface area contributed by atoms with Crippen LogP contribution in [0.15, 0.2) is 94.6 Å².